The van der Waals surface area contributed by atoms with Crippen LogP contribution in [0.2, 0.25) is 5.02 Å². The van der Waals surface area contributed by atoms with Crippen molar-refractivity contribution in [3.05, 3.63) is 69.2 Å². The third-order valence-electron chi connectivity index (χ3n) is 4.46. The molecule has 0 radical (unpaired) electrons. The Balaban J connectivity index is 1.51. The zero-order chi connectivity index (χ0) is 20.1. The van der Waals surface area contributed by atoms with Gasteiger partial charge in [0.2, 0.25) is 0 Å². The van der Waals surface area contributed by atoms with Gasteiger partial charge in [-0.15, -0.1) is 0 Å². The van der Waals surface area contributed by atoms with E-state index in [1.54, 1.807) is 4.90 Å². The summed E-state index contributed by atoms with van der Waals surface area (Å²) in [5.74, 6) is -1.09. The normalized spacial score (nSPS) is 13.9. The van der Waals surface area contributed by atoms with E-state index in [-0.39, 0.29) is 22.2 Å². The maximum Gasteiger partial charge on any atom is 0.340 e. The molecule has 0 aliphatic carbocycles. The first-order valence-corrected chi connectivity index (χ1v) is 9.02. The quantitative estimate of drug-likeness (QED) is 0.433. The first-order chi connectivity index (χ1) is 13.5. The van der Waals surface area contributed by atoms with Crippen LogP contribution in [-0.2, 0) is 9.53 Å². The van der Waals surface area contributed by atoms with E-state index >= 15 is 0 Å². The van der Waals surface area contributed by atoms with Gasteiger partial charge in [-0.2, -0.15) is 0 Å². The SMILES string of the molecule is O=C(OCC(=O)N1CCN(c2ccccc2)CC1)c1ccc([N+](=O)[O-])cc1Cl. The van der Waals surface area contributed by atoms with Crippen molar-refractivity contribution in [1.82, 2.24) is 4.90 Å². The number of esters is 1. The third-order valence-corrected chi connectivity index (χ3v) is 4.78. The molecule has 1 fully saturated rings. The predicted molar refractivity (Wildman–Crippen MR) is 104 cm³/mol. The monoisotopic (exact) mass is 403 g/mol. The largest absolute Gasteiger partial charge is 0.452 e. The van der Waals surface area contributed by atoms with Crippen molar-refractivity contribution in [3.8, 4) is 0 Å². The van der Waals surface area contributed by atoms with Crippen LogP contribution in [0.15, 0.2) is 48.5 Å². The molecular weight excluding hydrogens is 386 g/mol. The topological polar surface area (TPSA) is 93.0 Å². The summed E-state index contributed by atoms with van der Waals surface area (Å²) in [4.78, 5) is 38.4. The predicted octanol–water partition coefficient (Wildman–Crippen LogP) is 2.75. The summed E-state index contributed by atoms with van der Waals surface area (Å²) in [6.07, 6.45) is 0. The van der Waals surface area contributed by atoms with Gasteiger partial charge in [0.05, 0.1) is 15.5 Å². The van der Waals surface area contributed by atoms with E-state index in [1.165, 1.54) is 6.07 Å². The lowest BCUT2D eigenvalue weighted by molar-refractivity contribution is -0.384. The molecule has 0 N–H and O–H groups in total. The maximum absolute atomic E-state index is 12.3. The lowest BCUT2D eigenvalue weighted by atomic mass is 10.2. The molecule has 3 rings (SSSR count). The van der Waals surface area contributed by atoms with Gasteiger partial charge < -0.3 is 14.5 Å². The van der Waals surface area contributed by atoms with Crippen LogP contribution in [0.5, 0.6) is 0 Å². The van der Waals surface area contributed by atoms with Crippen LogP contribution < -0.4 is 4.90 Å². The third kappa shape index (κ3) is 4.58. The van der Waals surface area contributed by atoms with Crippen molar-refractivity contribution in [2.75, 3.05) is 37.7 Å². The zero-order valence-corrected chi connectivity index (χ0v) is 15.7. The van der Waals surface area contributed by atoms with Gasteiger partial charge in [0.15, 0.2) is 6.61 Å². The van der Waals surface area contributed by atoms with Gasteiger partial charge in [0.25, 0.3) is 11.6 Å². The number of rotatable bonds is 5. The van der Waals surface area contributed by atoms with E-state index in [0.717, 1.165) is 17.8 Å². The average molecular weight is 404 g/mol. The molecule has 2 aromatic carbocycles. The minimum atomic E-state index is -0.795. The molecule has 9 heteroatoms. The highest BCUT2D eigenvalue weighted by atomic mass is 35.5. The highest BCUT2D eigenvalue weighted by Gasteiger charge is 2.23. The number of para-hydroxylation sites is 1. The molecular formula is C19H18ClN3O5. The van der Waals surface area contributed by atoms with Crippen molar-refractivity contribution in [3.63, 3.8) is 0 Å². The summed E-state index contributed by atoms with van der Waals surface area (Å²) < 4.78 is 5.04. The minimum Gasteiger partial charge on any atom is -0.452 e. The molecule has 0 saturated carbocycles. The molecule has 0 bridgehead atoms. The van der Waals surface area contributed by atoms with Crippen LogP contribution in [0.4, 0.5) is 11.4 Å². The number of ether oxygens (including phenoxy) is 1. The fraction of sp³-hybridized carbons (Fsp3) is 0.263. The summed E-state index contributed by atoms with van der Waals surface area (Å²) in [7, 11) is 0. The number of nitro benzene ring substituents is 1. The summed E-state index contributed by atoms with van der Waals surface area (Å²) in [6.45, 7) is 2.04. The molecule has 0 unspecified atom stereocenters. The van der Waals surface area contributed by atoms with E-state index in [0.29, 0.717) is 26.2 Å². The molecule has 1 saturated heterocycles. The Kier molecular flexibility index (Phi) is 6.10. The van der Waals surface area contributed by atoms with Crippen LogP contribution in [-0.4, -0.2) is 54.5 Å². The van der Waals surface area contributed by atoms with Crippen LogP contribution in [0.1, 0.15) is 10.4 Å². The standard InChI is InChI=1S/C19H18ClN3O5/c20-17-12-15(23(26)27)6-7-16(17)19(25)28-13-18(24)22-10-8-21(9-11-22)14-4-2-1-3-5-14/h1-7,12H,8-11,13H2. The van der Waals surface area contributed by atoms with Gasteiger partial charge in [0.1, 0.15) is 0 Å². The lowest BCUT2D eigenvalue weighted by Crippen LogP contribution is -2.49. The zero-order valence-electron chi connectivity index (χ0n) is 14.9. The Hall–Kier alpha value is -3.13. The van der Waals surface area contributed by atoms with Crippen molar-refractivity contribution >= 4 is 34.9 Å². The molecule has 0 spiro atoms. The number of halogens is 1. The first-order valence-electron chi connectivity index (χ1n) is 8.64. The number of carbonyl (C=O) groups excluding carboxylic acids is 2. The summed E-state index contributed by atoms with van der Waals surface area (Å²) >= 11 is 5.90. The van der Waals surface area contributed by atoms with Crippen LogP contribution >= 0.6 is 11.6 Å². The molecule has 1 amide bonds. The van der Waals surface area contributed by atoms with Crippen molar-refractivity contribution in [2.45, 2.75) is 0 Å². The number of hydrogen-bond donors (Lipinski definition) is 0. The van der Waals surface area contributed by atoms with Crippen LogP contribution in [0, 0.1) is 10.1 Å². The number of hydrogen-bond acceptors (Lipinski definition) is 6. The van der Waals surface area contributed by atoms with Crippen molar-refractivity contribution < 1.29 is 19.2 Å². The second-order valence-electron chi connectivity index (χ2n) is 6.20. The fourth-order valence-corrected chi connectivity index (χ4v) is 3.18. The second-order valence-corrected chi connectivity index (χ2v) is 6.61. The Morgan fingerprint density at radius 3 is 2.36 bits per heavy atom. The van der Waals surface area contributed by atoms with Crippen molar-refractivity contribution in [1.29, 1.82) is 0 Å². The number of amides is 1. The smallest absolute Gasteiger partial charge is 0.340 e. The Bertz CT molecular complexity index is 882. The molecule has 146 valence electrons. The number of piperazine rings is 1. The minimum absolute atomic E-state index is 0.0195. The van der Waals surface area contributed by atoms with Crippen molar-refractivity contribution in [2.24, 2.45) is 0 Å². The molecule has 0 aromatic heterocycles. The summed E-state index contributed by atoms with van der Waals surface area (Å²) in [5, 5.41) is 10.6. The van der Waals surface area contributed by atoms with E-state index in [9.17, 15) is 19.7 Å². The van der Waals surface area contributed by atoms with Crippen LogP contribution in [0.3, 0.4) is 0 Å². The average Bonchev–Trinajstić information content (AvgIpc) is 2.72. The fourth-order valence-electron chi connectivity index (χ4n) is 2.93. The Labute approximate surface area is 166 Å². The van der Waals surface area contributed by atoms with E-state index in [4.69, 9.17) is 16.3 Å². The highest BCUT2D eigenvalue weighted by molar-refractivity contribution is 6.33. The number of anilines is 1. The second kappa shape index (κ2) is 8.71. The molecule has 1 aliphatic heterocycles. The number of nitrogens with zero attached hydrogens (tertiary/aromatic N) is 3. The molecule has 1 aliphatic rings. The number of non-ortho nitro benzene ring substituents is 1. The Morgan fingerprint density at radius 1 is 1.07 bits per heavy atom. The lowest BCUT2D eigenvalue weighted by Gasteiger charge is -2.36. The van der Waals surface area contributed by atoms with Gasteiger partial charge in [-0.3, -0.25) is 14.9 Å². The summed E-state index contributed by atoms with van der Waals surface area (Å²) in [5.41, 5.74) is 0.858. The van der Waals surface area contributed by atoms with Gasteiger partial charge in [-0.1, -0.05) is 29.8 Å². The number of benzene rings is 2. The highest BCUT2D eigenvalue weighted by Crippen LogP contribution is 2.23. The molecule has 0 atom stereocenters. The Morgan fingerprint density at radius 2 is 1.75 bits per heavy atom. The maximum atomic E-state index is 12.3. The van der Waals surface area contributed by atoms with E-state index in [1.807, 2.05) is 30.3 Å². The van der Waals surface area contributed by atoms with E-state index in [2.05, 4.69) is 4.90 Å². The summed E-state index contributed by atoms with van der Waals surface area (Å²) in [6, 6.07) is 13.4. The van der Waals surface area contributed by atoms with Crippen LogP contribution in [0.25, 0.3) is 0 Å². The number of nitro groups is 1. The molecule has 28 heavy (non-hydrogen) atoms. The molecule has 8 nitrogen and oxygen atoms in total. The molecule has 2 aromatic rings. The number of carbonyl (C=O) groups is 2. The molecule has 1 heterocycles. The van der Waals surface area contributed by atoms with Gasteiger partial charge in [-0.05, 0) is 18.2 Å². The van der Waals surface area contributed by atoms with E-state index < -0.39 is 17.5 Å². The first kappa shape index (κ1) is 19.6. The van der Waals surface area contributed by atoms with Gasteiger partial charge >= 0.3 is 5.97 Å². The van der Waals surface area contributed by atoms with Gasteiger partial charge in [0, 0.05) is 44.0 Å². The van der Waals surface area contributed by atoms with Gasteiger partial charge in [-0.25, -0.2) is 4.79 Å².